The molecule has 0 bridgehead atoms. The molecule has 1 fully saturated rings. The van der Waals surface area contributed by atoms with Crippen molar-refractivity contribution in [1.82, 2.24) is 5.32 Å². The van der Waals surface area contributed by atoms with Gasteiger partial charge in [-0.3, -0.25) is 4.79 Å². The zero-order valence-electron chi connectivity index (χ0n) is 14.4. The number of amides is 1. The van der Waals surface area contributed by atoms with Crippen LogP contribution in [0.5, 0.6) is 0 Å². The summed E-state index contributed by atoms with van der Waals surface area (Å²) in [6.45, 7) is 3.10. The number of morpholine rings is 1. The Balaban J connectivity index is 1.48. The number of fused-ring (bicyclic) bond motifs is 1. The van der Waals surface area contributed by atoms with Crippen molar-refractivity contribution in [1.29, 1.82) is 0 Å². The maximum Gasteiger partial charge on any atom is 0.253 e. The van der Waals surface area contributed by atoms with Crippen molar-refractivity contribution in [3.8, 4) is 0 Å². The maximum absolute atomic E-state index is 12.9. The maximum atomic E-state index is 12.9. The first-order chi connectivity index (χ1) is 12.3. The molecule has 1 aliphatic heterocycles. The number of carbonyl (C=O) groups excluding carboxylic acids is 1. The van der Waals surface area contributed by atoms with Gasteiger partial charge in [-0.05, 0) is 42.5 Å². The second kappa shape index (κ2) is 7.28. The van der Waals surface area contributed by atoms with E-state index in [0.29, 0.717) is 0 Å². The third-order valence-corrected chi connectivity index (χ3v) is 5.18. The van der Waals surface area contributed by atoms with Gasteiger partial charge in [-0.25, -0.2) is 0 Å². The number of hydrogen-bond donors (Lipinski definition) is 1. The van der Waals surface area contributed by atoms with E-state index in [4.69, 9.17) is 4.74 Å². The molecule has 0 radical (unpaired) electrons. The molecule has 0 unspecified atom stereocenters. The van der Waals surface area contributed by atoms with Gasteiger partial charge in [-0.15, -0.1) is 0 Å². The normalized spacial score (nSPS) is 20.0. The average molecular weight is 336 g/mol. The van der Waals surface area contributed by atoms with Crippen molar-refractivity contribution in [3.63, 3.8) is 0 Å². The molecule has 25 heavy (non-hydrogen) atoms. The number of carbonyl (C=O) groups is 1. The number of benzene rings is 2. The van der Waals surface area contributed by atoms with Gasteiger partial charge >= 0.3 is 0 Å². The van der Waals surface area contributed by atoms with Gasteiger partial charge in [0.1, 0.15) is 0 Å². The van der Waals surface area contributed by atoms with E-state index in [1.54, 1.807) is 0 Å². The highest BCUT2D eigenvalue weighted by molar-refractivity contribution is 6.00. The molecular weight excluding hydrogens is 312 g/mol. The Kier molecular flexibility index (Phi) is 4.70. The van der Waals surface area contributed by atoms with Crippen molar-refractivity contribution in [2.24, 2.45) is 0 Å². The minimum Gasteiger partial charge on any atom is -0.378 e. The lowest BCUT2D eigenvalue weighted by atomic mass is 9.88. The van der Waals surface area contributed by atoms with E-state index < -0.39 is 0 Å². The molecule has 1 heterocycles. The van der Waals surface area contributed by atoms with E-state index in [2.05, 4.69) is 34.5 Å². The number of anilines is 1. The minimum atomic E-state index is 0.0338. The van der Waals surface area contributed by atoms with Crippen molar-refractivity contribution in [2.45, 2.75) is 25.3 Å². The van der Waals surface area contributed by atoms with Crippen molar-refractivity contribution >= 4 is 11.6 Å². The highest BCUT2D eigenvalue weighted by Gasteiger charge is 2.23. The van der Waals surface area contributed by atoms with Crippen molar-refractivity contribution in [2.75, 3.05) is 31.2 Å². The Morgan fingerprint density at radius 2 is 1.72 bits per heavy atom. The molecule has 4 rings (SSSR count). The van der Waals surface area contributed by atoms with E-state index in [0.717, 1.165) is 56.8 Å². The molecule has 1 atom stereocenters. The van der Waals surface area contributed by atoms with Crippen LogP contribution in [0.4, 0.5) is 5.69 Å². The fourth-order valence-electron chi connectivity index (χ4n) is 3.83. The van der Waals surface area contributed by atoms with Gasteiger partial charge in [0.2, 0.25) is 0 Å². The fraction of sp³-hybridized carbons (Fsp3) is 0.381. The second-order valence-electron chi connectivity index (χ2n) is 6.80. The summed E-state index contributed by atoms with van der Waals surface area (Å²) in [5.74, 6) is 0.0338. The van der Waals surface area contributed by atoms with Crippen LogP contribution in [-0.2, 0) is 17.6 Å². The van der Waals surface area contributed by atoms with E-state index in [1.165, 1.54) is 11.1 Å². The van der Waals surface area contributed by atoms with Crippen LogP contribution in [0.25, 0.3) is 0 Å². The molecule has 0 saturated carbocycles. The summed E-state index contributed by atoms with van der Waals surface area (Å²) < 4.78 is 5.43. The molecule has 1 saturated heterocycles. The van der Waals surface area contributed by atoms with Gasteiger partial charge in [0.05, 0.1) is 18.8 Å². The SMILES string of the molecule is O=C(N[C@H]1CCc2ccccc2C1)c1ccccc1N1CCOCC1. The number of ether oxygens (including phenoxy) is 1. The highest BCUT2D eigenvalue weighted by Crippen LogP contribution is 2.24. The van der Waals surface area contributed by atoms with Crippen LogP contribution >= 0.6 is 0 Å². The Bertz CT molecular complexity index is 753. The molecule has 2 aromatic rings. The number of aryl methyl sites for hydroxylation is 1. The summed E-state index contributed by atoms with van der Waals surface area (Å²) in [4.78, 5) is 15.2. The Morgan fingerprint density at radius 1 is 1.00 bits per heavy atom. The molecule has 0 aromatic heterocycles. The molecule has 1 aliphatic carbocycles. The topological polar surface area (TPSA) is 41.6 Å². The number of hydrogen-bond acceptors (Lipinski definition) is 3. The van der Waals surface area contributed by atoms with Crippen molar-refractivity contribution in [3.05, 3.63) is 65.2 Å². The molecule has 2 aliphatic rings. The summed E-state index contributed by atoms with van der Waals surface area (Å²) in [5, 5.41) is 3.26. The van der Waals surface area contributed by atoms with Gasteiger partial charge in [-0.2, -0.15) is 0 Å². The number of rotatable bonds is 3. The summed E-state index contributed by atoms with van der Waals surface area (Å²) in [6.07, 6.45) is 2.95. The molecule has 4 heteroatoms. The van der Waals surface area contributed by atoms with Gasteiger partial charge < -0.3 is 15.0 Å². The number of nitrogens with one attached hydrogen (secondary N) is 1. The molecular formula is C21H24N2O2. The van der Waals surface area contributed by atoms with Crippen LogP contribution in [-0.4, -0.2) is 38.3 Å². The van der Waals surface area contributed by atoms with Crippen LogP contribution in [0, 0.1) is 0 Å². The number of para-hydroxylation sites is 1. The van der Waals surface area contributed by atoms with Crippen LogP contribution in [0.15, 0.2) is 48.5 Å². The predicted octanol–water partition coefficient (Wildman–Crippen LogP) is 2.81. The summed E-state index contributed by atoms with van der Waals surface area (Å²) in [5.41, 5.74) is 4.56. The van der Waals surface area contributed by atoms with Crippen LogP contribution in [0.2, 0.25) is 0 Å². The molecule has 0 spiro atoms. The monoisotopic (exact) mass is 336 g/mol. The lowest BCUT2D eigenvalue weighted by Crippen LogP contribution is -2.41. The Hall–Kier alpha value is -2.33. The minimum absolute atomic E-state index is 0.0338. The summed E-state index contributed by atoms with van der Waals surface area (Å²) >= 11 is 0. The Morgan fingerprint density at radius 3 is 2.56 bits per heavy atom. The van der Waals surface area contributed by atoms with Crippen molar-refractivity contribution < 1.29 is 9.53 Å². The van der Waals surface area contributed by atoms with Crippen LogP contribution in [0.3, 0.4) is 0 Å². The molecule has 4 nitrogen and oxygen atoms in total. The zero-order valence-corrected chi connectivity index (χ0v) is 14.4. The van der Waals surface area contributed by atoms with Gasteiger partial charge in [-0.1, -0.05) is 36.4 Å². The third kappa shape index (κ3) is 3.54. The standard InChI is InChI=1S/C21H24N2O2/c24-21(22-18-10-9-16-5-1-2-6-17(16)15-18)19-7-3-4-8-20(19)23-11-13-25-14-12-23/h1-8,18H,9-15H2,(H,22,24)/t18-/m0/s1. The fourth-order valence-corrected chi connectivity index (χ4v) is 3.83. The first-order valence-electron chi connectivity index (χ1n) is 9.10. The first kappa shape index (κ1) is 16.2. The van der Waals surface area contributed by atoms with Crippen LogP contribution in [0.1, 0.15) is 27.9 Å². The molecule has 1 amide bonds. The summed E-state index contributed by atoms with van der Waals surface area (Å²) in [6, 6.07) is 16.7. The molecule has 130 valence electrons. The molecule has 2 aromatic carbocycles. The Labute approximate surface area is 148 Å². The summed E-state index contributed by atoms with van der Waals surface area (Å²) in [7, 11) is 0. The highest BCUT2D eigenvalue weighted by atomic mass is 16.5. The van der Waals surface area contributed by atoms with E-state index >= 15 is 0 Å². The first-order valence-corrected chi connectivity index (χ1v) is 9.10. The molecule has 1 N–H and O–H groups in total. The second-order valence-corrected chi connectivity index (χ2v) is 6.80. The average Bonchev–Trinajstić information content (AvgIpc) is 2.68. The third-order valence-electron chi connectivity index (χ3n) is 5.18. The smallest absolute Gasteiger partial charge is 0.253 e. The van der Waals surface area contributed by atoms with Gasteiger partial charge in [0.15, 0.2) is 0 Å². The van der Waals surface area contributed by atoms with Gasteiger partial charge in [0, 0.05) is 24.8 Å². The van der Waals surface area contributed by atoms with E-state index in [1.807, 2.05) is 24.3 Å². The lowest BCUT2D eigenvalue weighted by Gasteiger charge is -2.31. The zero-order chi connectivity index (χ0) is 17.1. The lowest BCUT2D eigenvalue weighted by molar-refractivity contribution is 0.0932. The predicted molar refractivity (Wildman–Crippen MR) is 99.2 cm³/mol. The van der Waals surface area contributed by atoms with Gasteiger partial charge in [0.25, 0.3) is 5.91 Å². The largest absolute Gasteiger partial charge is 0.378 e. The quantitative estimate of drug-likeness (QED) is 0.937. The number of nitrogens with zero attached hydrogens (tertiary/aromatic N) is 1. The van der Waals surface area contributed by atoms with E-state index in [9.17, 15) is 4.79 Å². The van der Waals surface area contributed by atoms with Crippen LogP contribution < -0.4 is 10.2 Å². The van der Waals surface area contributed by atoms with E-state index in [-0.39, 0.29) is 11.9 Å².